The van der Waals surface area contributed by atoms with Gasteiger partial charge in [0.2, 0.25) is 0 Å². The molecule has 1 atom stereocenters. The lowest BCUT2D eigenvalue weighted by Gasteiger charge is -2.18. The zero-order chi connectivity index (χ0) is 10.4. The highest BCUT2D eigenvalue weighted by atomic mass is 15.0. The normalized spacial score (nSPS) is 13.8. The maximum Gasteiger partial charge on any atom is 0.118 e. The Labute approximate surface area is 85.3 Å². The highest BCUT2D eigenvalue weighted by Gasteiger charge is 2.13. The molecule has 0 spiro atoms. The van der Waals surface area contributed by atoms with E-state index >= 15 is 0 Å². The van der Waals surface area contributed by atoms with Crippen LogP contribution in [0.25, 0.3) is 0 Å². The number of nitrogens with one attached hydrogen (secondary N) is 2. The van der Waals surface area contributed by atoms with E-state index in [9.17, 15) is 0 Å². The van der Waals surface area contributed by atoms with Gasteiger partial charge in [0.25, 0.3) is 0 Å². The van der Waals surface area contributed by atoms with Crippen LogP contribution in [-0.2, 0) is 0 Å². The Morgan fingerprint density at radius 3 is 2.29 bits per heavy atom. The predicted octanol–water partition coefficient (Wildman–Crippen LogP) is 1.19. The second-order valence-electron chi connectivity index (χ2n) is 2.99. The van der Waals surface area contributed by atoms with Gasteiger partial charge in [-0.3, -0.25) is 4.99 Å². The zero-order valence-corrected chi connectivity index (χ0v) is 8.91. The summed E-state index contributed by atoms with van der Waals surface area (Å²) in [6, 6.07) is 10.4. The van der Waals surface area contributed by atoms with E-state index in [1.54, 1.807) is 7.05 Å². The van der Waals surface area contributed by atoms with Gasteiger partial charge in [-0.15, -0.1) is 0 Å². The lowest BCUT2D eigenvalue weighted by atomic mass is 10.1. The van der Waals surface area contributed by atoms with Crippen molar-refractivity contribution in [2.45, 2.75) is 6.04 Å². The van der Waals surface area contributed by atoms with E-state index in [1.807, 2.05) is 32.3 Å². The van der Waals surface area contributed by atoms with Gasteiger partial charge in [0, 0.05) is 14.1 Å². The lowest BCUT2D eigenvalue weighted by Crippen LogP contribution is -2.34. The molecular formula is C11H17N3. The fourth-order valence-corrected chi connectivity index (χ4v) is 1.49. The van der Waals surface area contributed by atoms with E-state index in [0.717, 1.165) is 5.84 Å². The SMILES string of the molecule is CN=C(NC)C(NC)c1ccccc1. The second-order valence-corrected chi connectivity index (χ2v) is 2.99. The van der Waals surface area contributed by atoms with Crippen molar-refractivity contribution >= 4 is 5.84 Å². The first-order valence-electron chi connectivity index (χ1n) is 4.70. The molecular weight excluding hydrogens is 174 g/mol. The molecule has 0 amide bonds. The van der Waals surface area contributed by atoms with Gasteiger partial charge in [0.05, 0.1) is 6.04 Å². The average molecular weight is 191 g/mol. The molecule has 0 heterocycles. The second kappa shape index (κ2) is 5.40. The number of hydrogen-bond donors (Lipinski definition) is 2. The molecule has 1 aromatic carbocycles. The highest BCUT2D eigenvalue weighted by molar-refractivity contribution is 5.88. The average Bonchev–Trinajstić information content (AvgIpc) is 2.27. The molecule has 3 nitrogen and oxygen atoms in total. The largest absolute Gasteiger partial charge is 0.375 e. The Hall–Kier alpha value is -1.35. The van der Waals surface area contributed by atoms with Gasteiger partial charge in [-0.1, -0.05) is 30.3 Å². The quantitative estimate of drug-likeness (QED) is 0.556. The van der Waals surface area contributed by atoms with Gasteiger partial charge in [-0.05, 0) is 12.6 Å². The standard InChI is InChI=1S/C11H17N3/c1-12-10(11(13-2)14-3)9-7-5-4-6-8-9/h4-8,10,12H,1-3H3,(H,13,14). The van der Waals surface area contributed by atoms with Crippen LogP contribution in [0.5, 0.6) is 0 Å². The van der Waals surface area contributed by atoms with E-state index in [-0.39, 0.29) is 6.04 Å². The van der Waals surface area contributed by atoms with E-state index in [0.29, 0.717) is 0 Å². The van der Waals surface area contributed by atoms with Gasteiger partial charge in [-0.25, -0.2) is 0 Å². The molecule has 0 radical (unpaired) electrons. The molecule has 0 bridgehead atoms. The molecule has 2 N–H and O–H groups in total. The summed E-state index contributed by atoms with van der Waals surface area (Å²) in [4.78, 5) is 4.20. The number of likely N-dealkylation sites (N-methyl/N-ethyl adjacent to an activating group) is 2. The summed E-state index contributed by atoms with van der Waals surface area (Å²) in [5.41, 5.74) is 1.21. The summed E-state index contributed by atoms with van der Waals surface area (Å²) >= 11 is 0. The van der Waals surface area contributed by atoms with Gasteiger partial charge in [-0.2, -0.15) is 0 Å². The van der Waals surface area contributed by atoms with Gasteiger partial charge >= 0.3 is 0 Å². The zero-order valence-electron chi connectivity index (χ0n) is 8.91. The molecule has 0 aliphatic carbocycles. The molecule has 0 aliphatic rings. The van der Waals surface area contributed by atoms with Crippen molar-refractivity contribution < 1.29 is 0 Å². The van der Waals surface area contributed by atoms with E-state index in [2.05, 4.69) is 27.8 Å². The maximum atomic E-state index is 4.20. The third-order valence-electron chi connectivity index (χ3n) is 2.19. The van der Waals surface area contributed by atoms with Crippen LogP contribution >= 0.6 is 0 Å². The number of amidine groups is 1. The first-order chi connectivity index (χ1) is 6.83. The minimum atomic E-state index is 0.145. The van der Waals surface area contributed by atoms with Gasteiger partial charge < -0.3 is 10.6 Å². The van der Waals surface area contributed by atoms with Crippen LogP contribution in [0.4, 0.5) is 0 Å². The van der Waals surface area contributed by atoms with E-state index in [4.69, 9.17) is 0 Å². The van der Waals surface area contributed by atoms with Crippen molar-refractivity contribution in [3.8, 4) is 0 Å². The molecule has 3 heteroatoms. The van der Waals surface area contributed by atoms with Crippen LogP contribution in [0.15, 0.2) is 35.3 Å². The summed E-state index contributed by atoms with van der Waals surface area (Å²) < 4.78 is 0. The van der Waals surface area contributed by atoms with Crippen molar-refractivity contribution in [2.75, 3.05) is 21.1 Å². The number of rotatable bonds is 3. The summed E-state index contributed by atoms with van der Waals surface area (Å²) in [6.07, 6.45) is 0. The Bertz CT molecular complexity index is 293. The highest BCUT2D eigenvalue weighted by Crippen LogP contribution is 2.12. The molecule has 1 aromatic rings. The molecule has 14 heavy (non-hydrogen) atoms. The third-order valence-corrected chi connectivity index (χ3v) is 2.19. The number of aliphatic imine (C=N–C) groups is 1. The van der Waals surface area contributed by atoms with Crippen molar-refractivity contribution in [3.63, 3.8) is 0 Å². The van der Waals surface area contributed by atoms with Crippen LogP contribution < -0.4 is 10.6 Å². The Morgan fingerprint density at radius 2 is 1.86 bits per heavy atom. The summed E-state index contributed by atoms with van der Waals surface area (Å²) in [6.45, 7) is 0. The van der Waals surface area contributed by atoms with Crippen LogP contribution in [-0.4, -0.2) is 27.0 Å². The summed E-state index contributed by atoms with van der Waals surface area (Å²) in [5, 5.41) is 6.32. The van der Waals surface area contributed by atoms with Crippen LogP contribution in [0, 0.1) is 0 Å². The summed E-state index contributed by atoms with van der Waals surface area (Å²) in [7, 11) is 5.61. The minimum absolute atomic E-state index is 0.145. The first kappa shape index (κ1) is 10.7. The van der Waals surface area contributed by atoms with Crippen LogP contribution in [0.2, 0.25) is 0 Å². The third kappa shape index (κ3) is 2.33. The number of nitrogens with zero attached hydrogens (tertiary/aromatic N) is 1. The molecule has 76 valence electrons. The maximum absolute atomic E-state index is 4.20. The molecule has 1 unspecified atom stereocenters. The van der Waals surface area contributed by atoms with Gasteiger partial charge in [0.1, 0.15) is 5.84 Å². The molecule has 0 saturated heterocycles. The number of benzene rings is 1. The fourth-order valence-electron chi connectivity index (χ4n) is 1.49. The predicted molar refractivity (Wildman–Crippen MR) is 60.7 cm³/mol. The molecule has 0 aliphatic heterocycles. The van der Waals surface area contributed by atoms with E-state index < -0.39 is 0 Å². The lowest BCUT2D eigenvalue weighted by molar-refractivity contribution is 0.727. The minimum Gasteiger partial charge on any atom is -0.375 e. The van der Waals surface area contributed by atoms with E-state index in [1.165, 1.54) is 5.56 Å². The topological polar surface area (TPSA) is 36.4 Å². The number of hydrogen-bond acceptors (Lipinski definition) is 2. The van der Waals surface area contributed by atoms with Crippen LogP contribution in [0.3, 0.4) is 0 Å². The molecule has 0 aromatic heterocycles. The van der Waals surface area contributed by atoms with Crippen molar-refractivity contribution in [1.82, 2.24) is 10.6 Å². The van der Waals surface area contributed by atoms with Crippen molar-refractivity contribution in [1.29, 1.82) is 0 Å². The van der Waals surface area contributed by atoms with Crippen molar-refractivity contribution in [3.05, 3.63) is 35.9 Å². The Morgan fingerprint density at radius 1 is 1.21 bits per heavy atom. The van der Waals surface area contributed by atoms with Crippen molar-refractivity contribution in [2.24, 2.45) is 4.99 Å². The monoisotopic (exact) mass is 191 g/mol. The first-order valence-corrected chi connectivity index (χ1v) is 4.70. The molecule has 0 fully saturated rings. The van der Waals surface area contributed by atoms with Gasteiger partial charge in [0.15, 0.2) is 0 Å². The molecule has 0 saturated carbocycles. The summed E-state index contributed by atoms with van der Waals surface area (Å²) in [5.74, 6) is 0.943. The molecule has 1 rings (SSSR count). The fraction of sp³-hybridized carbons (Fsp3) is 0.364. The smallest absolute Gasteiger partial charge is 0.118 e. The Balaban J connectivity index is 2.93. The van der Waals surface area contributed by atoms with Crippen LogP contribution in [0.1, 0.15) is 11.6 Å². The Kier molecular flexibility index (Phi) is 4.13.